The summed E-state index contributed by atoms with van der Waals surface area (Å²) in [5, 5.41) is 18.0. The van der Waals surface area contributed by atoms with Crippen molar-refractivity contribution in [3.63, 3.8) is 0 Å². The molecule has 8 nitrogen and oxygen atoms in total. The van der Waals surface area contributed by atoms with Crippen molar-refractivity contribution in [2.24, 2.45) is 0 Å². The third-order valence-corrected chi connectivity index (χ3v) is 3.27. The molecule has 0 aliphatic carbocycles. The van der Waals surface area contributed by atoms with Crippen LogP contribution in [0.25, 0.3) is 0 Å². The minimum absolute atomic E-state index is 0.201. The zero-order valence-corrected chi connectivity index (χ0v) is 11.3. The van der Waals surface area contributed by atoms with Crippen molar-refractivity contribution < 1.29 is 4.79 Å². The van der Waals surface area contributed by atoms with Crippen LogP contribution in [0, 0.1) is 6.92 Å². The third kappa shape index (κ3) is 2.69. The molecule has 1 fully saturated rings. The van der Waals surface area contributed by atoms with Gasteiger partial charge in [-0.25, -0.2) is 4.68 Å². The molecule has 8 heteroatoms. The molecule has 1 amide bonds. The molecule has 0 atom stereocenters. The Kier molecular flexibility index (Phi) is 3.46. The van der Waals surface area contributed by atoms with Gasteiger partial charge in [-0.05, 0) is 12.5 Å². The number of nitrogens with zero attached hydrogens (tertiary/aromatic N) is 5. The number of carbonyl (C=O) groups excluding carboxylic acids is 1. The van der Waals surface area contributed by atoms with Crippen LogP contribution >= 0.6 is 0 Å². The van der Waals surface area contributed by atoms with E-state index in [2.05, 4.69) is 26.0 Å². The molecular formula is C12H17N7O. The molecule has 1 aliphatic heterocycles. The van der Waals surface area contributed by atoms with Gasteiger partial charge in [0.1, 0.15) is 0 Å². The summed E-state index contributed by atoms with van der Waals surface area (Å²) in [6.07, 6.45) is 5.42. The average molecular weight is 275 g/mol. The molecule has 0 saturated carbocycles. The van der Waals surface area contributed by atoms with Gasteiger partial charge in [-0.3, -0.25) is 9.48 Å². The van der Waals surface area contributed by atoms with Gasteiger partial charge >= 0.3 is 0 Å². The van der Waals surface area contributed by atoms with Crippen molar-refractivity contribution >= 4 is 5.91 Å². The predicted octanol–water partition coefficient (Wildman–Crippen LogP) is -0.643. The molecule has 0 bridgehead atoms. The van der Waals surface area contributed by atoms with Crippen LogP contribution in [0.1, 0.15) is 22.1 Å². The van der Waals surface area contributed by atoms with E-state index in [1.54, 1.807) is 21.8 Å². The number of amides is 1. The summed E-state index contributed by atoms with van der Waals surface area (Å²) in [4.78, 5) is 11.9. The van der Waals surface area contributed by atoms with Crippen LogP contribution in [-0.2, 0) is 6.54 Å². The first kappa shape index (κ1) is 12.8. The SMILES string of the molecule is Cc1cnn(CCNC(=O)c2cn(C3CNC3)nn2)c1. The molecule has 2 N–H and O–H groups in total. The van der Waals surface area contributed by atoms with E-state index in [1.165, 1.54) is 0 Å². The molecule has 0 radical (unpaired) electrons. The van der Waals surface area contributed by atoms with Gasteiger partial charge in [0.15, 0.2) is 5.69 Å². The summed E-state index contributed by atoms with van der Waals surface area (Å²) in [5.74, 6) is -0.201. The first-order valence-electron chi connectivity index (χ1n) is 6.62. The summed E-state index contributed by atoms with van der Waals surface area (Å²) in [7, 11) is 0. The van der Waals surface area contributed by atoms with Crippen LogP contribution in [0.5, 0.6) is 0 Å². The molecule has 20 heavy (non-hydrogen) atoms. The molecule has 3 heterocycles. The highest BCUT2D eigenvalue weighted by Gasteiger charge is 2.21. The fourth-order valence-electron chi connectivity index (χ4n) is 1.98. The second-order valence-electron chi connectivity index (χ2n) is 4.93. The van der Waals surface area contributed by atoms with Crippen molar-refractivity contribution in [1.29, 1.82) is 0 Å². The lowest BCUT2D eigenvalue weighted by molar-refractivity contribution is 0.0947. The quantitative estimate of drug-likeness (QED) is 0.757. The van der Waals surface area contributed by atoms with Gasteiger partial charge in [-0.1, -0.05) is 5.21 Å². The average Bonchev–Trinajstić information content (AvgIpc) is 2.97. The smallest absolute Gasteiger partial charge is 0.273 e. The number of aryl methyl sites for hydroxylation is 1. The number of rotatable bonds is 5. The molecule has 1 saturated heterocycles. The van der Waals surface area contributed by atoms with E-state index >= 15 is 0 Å². The Morgan fingerprint density at radius 2 is 2.35 bits per heavy atom. The summed E-state index contributed by atoms with van der Waals surface area (Å²) < 4.78 is 3.54. The van der Waals surface area contributed by atoms with E-state index in [-0.39, 0.29) is 5.91 Å². The first-order chi connectivity index (χ1) is 9.72. The second-order valence-corrected chi connectivity index (χ2v) is 4.93. The zero-order chi connectivity index (χ0) is 13.9. The molecule has 0 spiro atoms. The summed E-state index contributed by atoms with van der Waals surface area (Å²) in [6.45, 7) is 4.89. The first-order valence-corrected chi connectivity index (χ1v) is 6.62. The van der Waals surface area contributed by atoms with Gasteiger partial charge in [-0.2, -0.15) is 5.10 Å². The van der Waals surface area contributed by atoms with E-state index < -0.39 is 0 Å². The molecule has 106 valence electrons. The molecule has 2 aromatic heterocycles. The Bertz CT molecular complexity index is 598. The van der Waals surface area contributed by atoms with Crippen LogP contribution in [0.15, 0.2) is 18.6 Å². The summed E-state index contributed by atoms with van der Waals surface area (Å²) in [5.41, 5.74) is 1.46. The number of nitrogens with one attached hydrogen (secondary N) is 2. The molecule has 1 aliphatic rings. The lowest BCUT2D eigenvalue weighted by Crippen LogP contribution is -2.43. The highest BCUT2D eigenvalue weighted by molar-refractivity contribution is 5.91. The molecule has 0 unspecified atom stereocenters. The maximum absolute atomic E-state index is 11.9. The second kappa shape index (κ2) is 5.41. The predicted molar refractivity (Wildman–Crippen MR) is 71.2 cm³/mol. The number of carbonyl (C=O) groups is 1. The van der Waals surface area contributed by atoms with Crippen molar-refractivity contribution in [2.75, 3.05) is 19.6 Å². The minimum atomic E-state index is -0.201. The summed E-state index contributed by atoms with van der Waals surface area (Å²) >= 11 is 0. The third-order valence-electron chi connectivity index (χ3n) is 3.27. The van der Waals surface area contributed by atoms with Crippen LogP contribution < -0.4 is 10.6 Å². The lowest BCUT2D eigenvalue weighted by Gasteiger charge is -2.26. The number of aromatic nitrogens is 5. The Hall–Kier alpha value is -2.22. The maximum atomic E-state index is 11.9. The van der Waals surface area contributed by atoms with Gasteiger partial charge in [-0.15, -0.1) is 5.10 Å². The van der Waals surface area contributed by atoms with Crippen molar-refractivity contribution in [3.8, 4) is 0 Å². The number of hydrogen-bond acceptors (Lipinski definition) is 5. The van der Waals surface area contributed by atoms with E-state index in [0.29, 0.717) is 24.8 Å². The molecule has 0 aromatic carbocycles. The highest BCUT2D eigenvalue weighted by Crippen LogP contribution is 2.09. The Labute approximate surface area is 116 Å². The van der Waals surface area contributed by atoms with Crippen molar-refractivity contribution in [3.05, 3.63) is 29.8 Å². The highest BCUT2D eigenvalue weighted by atomic mass is 16.2. The number of hydrogen-bond donors (Lipinski definition) is 2. The Balaban J connectivity index is 1.49. The van der Waals surface area contributed by atoms with Gasteiger partial charge in [0.2, 0.25) is 0 Å². The molecular weight excluding hydrogens is 258 g/mol. The van der Waals surface area contributed by atoms with Crippen molar-refractivity contribution in [2.45, 2.75) is 19.5 Å². The fourth-order valence-corrected chi connectivity index (χ4v) is 1.98. The van der Waals surface area contributed by atoms with Gasteiger partial charge in [0.05, 0.1) is 25.0 Å². The van der Waals surface area contributed by atoms with Gasteiger partial charge in [0, 0.05) is 25.8 Å². The minimum Gasteiger partial charge on any atom is -0.349 e. The van der Waals surface area contributed by atoms with Gasteiger partial charge < -0.3 is 10.6 Å². The zero-order valence-electron chi connectivity index (χ0n) is 11.3. The topological polar surface area (TPSA) is 89.7 Å². The summed E-state index contributed by atoms with van der Waals surface area (Å²) in [6, 6.07) is 0.316. The van der Waals surface area contributed by atoms with E-state index in [9.17, 15) is 4.79 Å². The maximum Gasteiger partial charge on any atom is 0.273 e. The standard InChI is InChI=1S/C12H17N7O/c1-9-4-15-18(7-9)3-2-14-12(20)11-8-19(17-16-11)10-5-13-6-10/h4,7-8,10,13H,2-3,5-6H2,1H3,(H,14,20). The monoisotopic (exact) mass is 275 g/mol. The van der Waals surface area contributed by atoms with E-state index in [4.69, 9.17) is 0 Å². The molecule has 3 rings (SSSR count). The van der Waals surface area contributed by atoms with Crippen molar-refractivity contribution in [1.82, 2.24) is 35.4 Å². The largest absolute Gasteiger partial charge is 0.349 e. The van der Waals surface area contributed by atoms with E-state index in [0.717, 1.165) is 18.7 Å². The fraction of sp³-hybridized carbons (Fsp3) is 0.500. The van der Waals surface area contributed by atoms with Crippen LogP contribution in [0.4, 0.5) is 0 Å². The van der Waals surface area contributed by atoms with E-state index in [1.807, 2.05) is 13.1 Å². The molecule has 2 aromatic rings. The van der Waals surface area contributed by atoms with Crippen LogP contribution in [0.3, 0.4) is 0 Å². The lowest BCUT2D eigenvalue weighted by atomic mass is 10.2. The van der Waals surface area contributed by atoms with Crippen LogP contribution in [-0.4, -0.2) is 50.3 Å². The Morgan fingerprint density at radius 3 is 3.00 bits per heavy atom. The van der Waals surface area contributed by atoms with Crippen LogP contribution in [0.2, 0.25) is 0 Å². The normalized spacial score (nSPS) is 15.1. The van der Waals surface area contributed by atoms with Gasteiger partial charge in [0.25, 0.3) is 5.91 Å². The Morgan fingerprint density at radius 1 is 1.50 bits per heavy atom.